The summed E-state index contributed by atoms with van der Waals surface area (Å²) >= 11 is 0. The molecule has 1 unspecified atom stereocenters. The van der Waals surface area contributed by atoms with E-state index in [1.165, 1.54) is 33.4 Å². The van der Waals surface area contributed by atoms with Gasteiger partial charge in [0.2, 0.25) is 0 Å². The minimum Gasteiger partial charge on any atom is -0.456 e. The Labute approximate surface area is 308 Å². The van der Waals surface area contributed by atoms with Gasteiger partial charge in [-0.15, -0.1) is 0 Å². The standard InChI is InChI=1S/C49H35N3O/c1-4-13-32(14-5-1)29-38-24-23-33-15-10-11-20-39(33)42-30-36(25-27-40(38)42)37-26-28-44-43(31-37)46-41(21-12-22-45(46)53-44)49-51-47(34-16-6-2-7-17-34)50-48(52-49)35-18-8-3-9-19-35/h1-22,25-28,30-31,38H,23-24,29H2. The second-order valence-corrected chi connectivity index (χ2v) is 13.9. The van der Waals surface area contributed by atoms with Gasteiger partial charge in [-0.05, 0) is 88.4 Å². The molecule has 9 aromatic rings. The molecule has 0 spiro atoms. The summed E-state index contributed by atoms with van der Waals surface area (Å²) in [5.74, 6) is 2.33. The van der Waals surface area contributed by atoms with Crippen LogP contribution in [-0.4, -0.2) is 15.0 Å². The van der Waals surface area contributed by atoms with Crippen molar-refractivity contribution < 1.29 is 4.42 Å². The van der Waals surface area contributed by atoms with E-state index in [0.29, 0.717) is 23.4 Å². The van der Waals surface area contributed by atoms with Gasteiger partial charge >= 0.3 is 0 Å². The van der Waals surface area contributed by atoms with Crippen LogP contribution in [0.5, 0.6) is 0 Å². The van der Waals surface area contributed by atoms with Crippen LogP contribution in [0.2, 0.25) is 0 Å². The summed E-state index contributed by atoms with van der Waals surface area (Å²) in [4.78, 5) is 15.1. The molecule has 0 fully saturated rings. The molecule has 0 saturated carbocycles. The molecule has 53 heavy (non-hydrogen) atoms. The van der Waals surface area contributed by atoms with E-state index in [1.807, 2.05) is 72.8 Å². The van der Waals surface area contributed by atoms with Gasteiger partial charge in [0.05, 0.1) is 0 Å². The van der Waals surface area contributed by atoms with Gasteiger partial charge < -0.3 is 4.42 Å². The zero-order valence-corrected chi connectivity index (χ0v) is 29.1. The Morgan fingerprint density at radius 2 is 1.09 bits per heavy atom. The SMILES string of the molecule is c1ccc(CC2CCc3ccccc3-c3cc(-c4ccc5oc6cccc(-c7nc(-c8ccccc8)nc(-c8ccccc8)n7)c6c5c4)ccc32)cc1. The van der Waals surface area contributed by atoms with Crippen molar-refractivity contribution in [1.29, 1.82) is 0 Å². The van der Waals surface area contributed by atoms with Gasteiger partial charge in [0, 0.05) is 27.5 Å². The molecule has 2 aromatic heterocycles. The summed E-state index contributed by atoms with van der Waals surface area (Å²) < 4.78 is 6.49. The quantitative estimate of drug-likeness (QED) is 0.175. The monoisotopic (exact) mass is 681 g/mol. The molecule has 1 aliphatic carbocycles. The highest BCUT2D eigenvalue weighted by molar-refractivity contribution is 6.12. The normalized spacial score (nSPS) is 13.8. The van der Waals surface area contributed by atoms with E-state index >= 15 is 0 Å². The second-order valence-electron chi connectivity index (χ2n) is 13.9. The highest BCUT2D eigenvalue weighted by atomic mass is 16.3. The fourth-order valence-corrected chi connectivity index (χ4v) is 8.04. The Balaban J connectivity index is 1.12. The summed E-state index contributed by atoms with van der Waals surface area (Å²) in [6, 6.07) is 59.9. The molecule has 2 heterocycles. The average Bonchev–Trinajstić information content (AvgIpc) is 3.54. The van der Waals surface area contributed by atoms with Crippen LogP contribution < -0.4 is 0 Å². The lowest BCUT2D eigenvalue weighted by Crippen LogP contribution is -2.04. The second kappa shape index (κ2) is 13.2. The number of aromatic nitrogens is 3. The zero-order valence-electron chi connectivity index (χ0n) is 29.1. The van der Waals surface area contributed by atoms with E-state index < -0.39 is 0 Å². The Morgan fingerprint density at radius 3 is 1.85 bits per heavy atom. The summed E-state index contributed by atoms with van der Waals surface area (Å²) in [5.41, 5.74) is 13.7. The van der Waals surface area contributed by atoms with Gasteiger partial charge in [0.15, 0.2) is 17.5 Å². The van der Waals surface area contributed by atoms with Gasteiger partial charge in [-0.2, -0.15) is 0 Å². The predicted octanol–water partition coefficient (Wildman–Crippen LogP) is 12.4. The van der Waals surface area contributed by atoms with Gasteiger partial charge in [0.25, 0.3) is 0 Å². The zero-order chi connectivity index (χ0) is 35.1. The molecule has 0 radical (unpaired) electrons. The number of hydrogen-bond donors (Lipinski definition) is 0. The fraction of sp³-hybridized carbons (Fsp3) is 0.0816. The number of hydrogen-bond acceptors (Lipinski definition) is 4. The summed E-state index contributed by atoms with van der Waals surface area (Å²) in [5, 5.41) is 2.03. The van der Waals surface area contributed by atoms with E-state index in [4.69, 9.17) is 19.4 Å². The van der Waals surface area contributed by atoms with Crippen LogP contribution >= 0.6 is 0 Å². The first-order valence-electron chi connectivity index (χ1n) is 18.3. The van der Waals surface area contributed by atoms with E-state index in [-0.39, 0.29) is 0 Å². The van der Waals surface area contributed by atoms with Gasteiger partial charge in [0.1, 0.15) is 11.2 Å². The molecule has 0 amide bonds. The number of aryl methyl sites for hydroxylation is 1. The molecule has 0 saturated heterocycles. The van der Waals surface area contributed by atoms with E-state index in [2.05, 4.69) is 97.1 Å². The molecule has 7 aromatic carbocycles. The molecule has 0 bridgehead atoms. The number of furan rings is 1. The molecule has 0 N–H and O–H groups in total. The first-order chi connectivity index (χ1) is 26.2. The third-order valence-electron chi connectivity index (χ3n) is 10.7. The minimum atomic E-state index is 0.443. The van der Waals surface area contributed by atoms with Crippen LogP contribution in [0.15, 0.2) is 174 Å². The summed E-state index contributed by atoms with van der Waals surface area (Å²) in [7, 11) is 0. The molecule has 4 nitrogen and oxygen atoms in total. The Hall–Kier alpha value is -6.65. The number of fused-ring (bicyclic) bond motifs is 6. The van der Waals surface area contributed by atoms with Crippen LogP contribution in [0, 0.1) is 0 Å². The Morgan fingerprint density at radius 1 is 0.472 bits per heavy atom. The van der Waals surface area contributed by atoms with Crippen LogP contribution in [0.25, 0.3) is 78.4 Å². The summed E-state index contributed by atoms with van der Waals surface area (Å²) in [6.45, 7) is 0. The fourth-order valence-electron chi connectivity index (χ4n) is 8.04. The van der Waals surface area contributed by atoms with Crippen molar-refractivity contribution in [2.24, 2.45) is 0 Å². The van der Waals surface area contributed by atoms with Gasteiger partial charge in [-0.1, -0.05) is 146 Å². The molecule has 252 valence electrons. The van der Waals surface area contributed by atoms with Crippen molar-refractivity contribution in [3.05, 3.63) is 187 Å². The van der Waals surface area contributed by atoms with E-state index in [0.717, 1.165) is 63.5 Å². The van der Waals surface area contributed by atoms with Crippen molar-refractivity contribution >= 4 is 21.9 Å². The lowest BCUT2D eigenvalue weighted by molar-refractivity contribution is 0.629. The van der Waals surface area contributed by atoms with Crippen LogP contribution in [0.4, 0.5) is 0 Å². The van der Waals surface area contributed by atoms with Crippen molar-refractivity contribution in [2.45, 2.75) is 25.2 Å². The maximum atomic E-state index is 6.49. The summed E-state index contributed by atoms with van der Waals surface area (Å²) in [6.07, 6.45) is 3.23. The first-order valence-corrected chi connectivity index (χ1v) is 18.3. The highest BCUT2D eigenvalue weighted by Crippen LogP contribution is 2.43. The average molecular weight is 682 g/mol. The molecular weight excluding hydrogens is 647 g/mol. The first kappa shape index (κ1) is 31.1. The Kier molecular flexibility index (Phi) is 7.72. The third-order valence-corrected chi connectivity index (χ3v) is 10.7. The Bertz CT molecular complexity index is 2700. The molecule has 0 aliphatic heterocycles. The lowest BCUT2D eigenvalue weighted by atomic mass is 9.85. The van der Waals surface area contributed by atoms with Crippen molar-refractivity contribution in [2.75, 3.05) is 0 Å². The maximum absolute atomic E-state index is 6.49. The number of nitrogens with zero attached hydrogens (tertiary/aromatic N) is 3. The van der Waals surface area contributed by atoms with E-state index in [1.54, 1.807) is 0 Å². The van der Waals surface area contributed by atoms with Crippen molar-refractivity contribution in [1.82, 2.24) is 15.0 Å². The third kappa shape index (κ3) is 5.79. The smallest absolute Gasteiger partial charge is 0.164 e. The number of rotatable bonds is 6. The molecule has 4 heteroatoms. The predicted molar refractivity (Wildman–Crippen MR) is 215 cm³/mol. The molecular formula is C49H35N3O. The van der Waals surface area contributed by atoms with Crippen LogP contribution in [-0.2, 0) is 12.8 Å². The van der Waals surface area contributed by atoms with Crippen molar-refractivity contribution in [3.8, 4) is 56.4 Å². The topological polar surface area (TPSA) is 51.8 Å². The molecule has 1 aliphatic rings. The van der Waals surface area contributed by atoms with Crippen LogP contribution in [0.1, 0.15) is 29.0 Å². The number of benzene rings is 7. The van der Waals surface area contributed by atoms with Crippen molar-refractivity contribution in [3.63, 3.8) is 0 Å². The van der Waals surface area contributed by atoms with E-state index in [9.17, 15) is 0 Å². The largest absolute Gasteiger partial charge is 0.456 e. The van der Waals surface area contributed by atoms with Gasteiger partial charge in [-0.3, -0.25) is 0 Å². The van der Waals surface area contributed by atoms with Crippen LogP contribution in [0.3, 0.4) is 0 Å². The lowest BCUT2D eigenvalue weighted by Gasteiger charge is -2.19. The molecule has 1 atom stereocenters. The highest BCUT2D eigenvalue weighted by Gasteiger charge is 2.24. The maximum Gasteiger partial charge on any atom is 0.164 e. The molecule has 10 rings (SSSR count). The van der Waals surface area contributed by atoms with Gasteiger partial charge in [-0.25, -0.2) is 15.0 Å². The minimum absolute atomic E-state index is 0.443.